The fourth-order valence-corrected chi connectivity index (χ4v) is 5.66. The number of hydrogen-bond acceptors (Lipinski definition) is 4. The van der Waals surface area contributed by atoms with Gasteiger partial charge in [0.1, 0.15) is 5.75 Å². The van der Waals surface area contributed by atoms with Crippen molar-refractivity contribution in [2.24, 2.45) is 0 Å². The predicted octanol–water partition coefficient (Wildman–Crippen LogP) is 3.58. The fraction of sp³-hybridized carbons (Fsp3) is 0.423. The lowest BCUT2D eigenvalue weighted by Crippen LogP contribution is -2.67. The molecule has 0 aromatic heterocycles. The van der Waals surface area contributed by atoms with Crippen LogP contribution in [0, 0.1) is 0 Å². The minimum absolute atomic E-state index is 0.00573. The highest BCUT2D eigenvalue weighted by Gasteiger charge is 2.58. The van der Waals surface area contributed by atoms with Gasteiger partial charge in [-0.15, -0.1) is 6.58 Å². The molecule has 2 aromatic rings. The molecule has 1 aliphatic heterocycles. The fourth-order valence-electron chi connectivity index (χ4n) is 5.66. The quantitative estimate of drug-likeness (QED) is 0.726. The summed E-state index contributed by atoms with van der Waals surface area (Å²) >= 11 is 0. The van der Waals surface area contributed by atoms with E-state index in [0.717, 1.165) is 31.5 Å². The Balaban J connectivity index is 1.68. The largest absolute Gasteiger partial charge is 0.508 e. The smallest absolute Gasteiger partial charge is 0.253 e. The Hall–Kier alpha value is -2.63. The van der Waals surface area contributed by atoms with E-state index in [4.69, 9.17) is 0 Å². The lowest BCUT2D eigenvalue weighted by atomic mass is 9.55. The summed E-state index contributed by atoms with van der Waals surface area (Å²) < 4.78 is 0. The van der Waals surface area contributed by atoms with Crippen LogP contribution in [0.2, 0.25) is 0 Å². The van der Waals surface area contributed by atoms with Crippen LogP contribution < -0.4 is 0 Å². The Bertz CT molecular complexity index is 947. The molecule has 0 spiro atoms. The van der Waals surface area contributed by atoms with Gasteiger partial charge in [-0.25, -0.2) is 0 Å². The summed E-state index contributed by atoms with van der Waals surface area (Å²) in [6.07, 6.45) is 4.67. The van der Waals surface area contributed by atoms with Gasteiger partial charge in [0.15, 0.2) is 0 Å². The third-order valence-electron chi connectivity index (χ3n) is 7.38. The monoisotopic (exact) mass is 420 g/mol. The molecule has 5 heteroatoms. The second-order valence-electron chi connectivity index (χ2n) is 9.12. The molecule has 2 fully saturated rings. The molecule has 2 unspecified atom stereocenters. The number of phenols is 1. The summed E-state index contributed by atoms with van der Waals surface area (Å²) in [5.41, 5.74) is 0.198. The van der Waals surface area contributed by atoms with E-state index < -0.39 is 11.0 Å². The number of aliphatic hydroxyl groups is 1. The van der Waals surface area contributed by atoms with Crippen molar-refractivity contribution >= 4 is 5.91 Å². The van der Waals surface area contributed by atoms with E-state index in [2.05, 4.69) is 11.5 Å². The van der Waals surface area contributed by atoms with Gasteiger partial charge in [0.25, 0.3) is 5.91 Å². The number of phenolic OH excluding ortho intramolecular Hbond substituents is 1. The normalized spacial score (nSPS) is 28.5. The summed E-state index contributed by atoms with van der Waals surface area (Å²) in [5, 5.41) is 22.2. The molecule has 1 heterocycles. The van der Waals surface area contributed by atoms with Gasteiger partial charge >= 0.3 is 0 Å². The molecule has 1 aliphatic carbocycles. The zero-order valence-corrected chi connectivity index (χ0v) is 18.2. The van der Waals surface area contributed by atoms with E-state index in [1.807, 2.05) is 60.5 Å². The number of nitrogens with zero attached hydrogens (tertiary/aromatic N) is 2. The molecule has 5 nitrogen and oxygen atoms in total. The molecule has 3 atom stereocenters. The highest BCUT2D eigenvalue weighted by molar-refractivity contribution is 5.94. The molecule has 2 N–H and O–H groups in total. The molecule has 1 saturated carbocycles. The molecular weight excluding hydrogens is 388 g/mol. The van der Waals surface area contributed by atoms with Gasteiger partial charge in [0.2, 0.25) is 0 Å². The van der Waals surface area contributed by atoms with E-state index in [1.54, 1.807) is 12.1 Å². The maximum absolute atomic E-state index is 13.1. The van der Waals surface area contributed by atoms with E-state index in [-0.39, 0.29) is 17.7 Å². The van der Waals surface area contributed by atoms with Gasteiger partial charge < -0.3 is 15.1 Å². The highest BCUT2D eigenvalue weighted by atomic mass is 16.3. The molecule has 31 heavy (non-hydrogen) atoms. The van der Waals surface area contributed by atoms with Crippen LogP contribution in [-0.4, -0.2) is 64.2 Å². The standard InChI is InChI=1S/C26H32N2O3/c1-3-15-28-16-14-25(21-10-7-11-23(29)17-21)18-22(12-13-26(25,31)19-28)27(2)24(30)20-8-5-4-6-9-20/h3-11,17,22,29,31H,1,12-16,18-19H2,2H3/t22-,25?,26?/m1/s1. The van der Waals surface area contributed by atoms with Crippen molar-refractivity contribution < 1.29 is 15.0 Å². The molecule has 164 valence electrons. The Morgan fingerprint density at radius 2 is 2.00 bits per heavy atom. The predicted molar refractivity (Wildman–Crippen MR) is 122 cm³/mol. The number of benzene rings is 2. The average Bonchev–Trinajstić information content (AvgIpc) is 2.78. The first kappa shape index (κ1) is 21.6. The van der Waals surface area contributed by atoms with E-state index in [1.165, 1.54) is 0 Å². The molecular formula is C26H32N2O3. The lowest BCUT2D eigenvalue weighted by Gasteiger charge is -2.59. The third kappa shape index (κ3) is 3.88. The zero-order chi connectivity index (χ0) is 22.1. The van der Waals surface area contributed by atoms with Gasteiger partial charge in [-0.1, -0.05) is 36.4 Å². The first-order valence-corrected chi connectivity index (χ1v) is 11.1. The molecule has 2 aliphatic rings. The molecule has 2 aromatic carbocycles. The van der Waals surface area contributed by atoms with E-state index in [0.29, 0.717) is 24.9 Å². The molecule has 1 amide bonds. The number of carbonyl (C=O) groups is 1. The minimum atomic E-state index is -0.921. The van der Waals surface area contributed by atoms with Crippen molar-refractivity contribution in [2.45, 2.75) is 42.7 Å². The summed E-state index contributed by atoms with van der Waals surface area (Å²) in [6.45, 7) is 6.00. The van der Waals surface area contributed by atoms with Gasteiger partial charge in [-0.05, 0) is 62.1 Å². The van der Waals surface area contributed by atoms with Crippen molar-refractivity contribution in [3.63, 3.8) is 0 Å². The average molecular weight is 421 g/mol. The maximum atomic E-state index is 13.1. The molecule has 0 bridgehead atoms. The van der Waals surface area contributed by atoms with Gasteiger partial charge in [-0.3, -0.25) is 9.69 Å². The second kappa shape index (κ2) is 8.48. The zero-order valence-electron chi connectivity index (χ0n) is 18.2. The van der Waals surface area contributed by atoms with Crippen LogP contribution >= 0.6 is 0 Å². The third-order valence-corrected chi connectivity index (χ3v) is 7.38. The molecule has 1 saturated heterocycles. The minimum Gasteiger partial charge on any atom is -0.508 e. The van der Waals surface area contributed by atoms with Crippen molar-refractivity contribution in [2.75, 3.05) is 26.7 Å². The number of piperidine rings is 1. The summed E-state index contributed by atoms with van der Waals surface area (Å²) in [5.74, 6) is 0.213. The number of likely N-dealkylation sites (tertiary alicyclic amines) is 1. The number of aromatic hydroxyl groups is 1. The molecule has 0 radical (unpaired) electrons. The Morgan fingerprint density at radius 1 is 1.23 bits per heavy atom. The van der Waals surface area contributed by atoms with Crippen molar-refractivity contribution in [1.82, 2.24) is 9.80 Å². The van der Waals surface area contributed by atoms with Crippen LogP contribution in [0.1, 0.15) is 41.6 Å². The number of carbonyl (C=O) groups excluding carboxylic acids is 1. The van der Waals surface area contributed by atoms with Crippen LogP contribution in [0.4, 0.5) is 0 Å². The number of hydrogen-bond donors (Lipinski definition) is 2. The van der Waals surface area contributed by atoms with Crippen LogP contribution in [0.5, 0.6) is 5.75 Å². The molecule has 4 rings (SSSR count). The number of β-amino-alcohol motifs (C(OH)–C–C–N with tert-alkyl or cyclic N) is 1. The van der Waals surface area contributed by atoms with Gasteiger partial charge in [0, 0.05) is 37.2 Å². The first-order valence-electron chi connectivity index (χ1n) is 11.1. The lowest BCUT2D eigenvalue weighted by molar-refractivity contribution is -0.130. The van der Waals surface area contributed by atoms with Crippen molar-refractivity contribution in [3.8, 4) is 5.75 Å². The number of rotatable bonds is 5. The summed E-state index contributed by atoms with van der Waals surface area (Å²) in [7, 11) is 1.87. The Kier molecular flexibility index (Phi) is 5.91. The number of amides is 1. The Morgan fingerprint density at radius 3 is 2.71 bits per heavy atom. The first-order chi connectivity index (χ1) is 14.9. The Labute approximate surface area is 184 Å². The van der Waals surface area contributed by atoms with E-state index in [9.17, 15) is 15.0 Å². The second-order valence-corrected chi connectivity index (χ2v) is 9.12. The topological polar surface area (TPSA) is 64.0 Å². The van der Waals surface area contributed by atoms with Crippen molar-refractivity contribution in [1.29, 1.82) is 0 Å². The maximum Gasteiger partial charge on any atom is 0.253 e. The van der Waals surface area contributed by atoms with Gasteiger partial charge in [-0.2, -0.15) is 0 Å². The SMILES string of the molecule is C=CCN1CCC2(c3cccc(O)c3)C[C@H](N(C)C(=O)c3ccccc3)CCC2(O)C1. The van der Waals surface area contributed by atoms with E-state index >= 15 is 0 Å². The van der Waals surface area contributed by atoms with Gasteiger partial charge in [0.05, 0.1) is 5.60 Å². The van der Waals surface area contributed by atoms with Crippen LogP contribution in [0.3, 0.4) is 0 Å². The van der Waals surface area contributed by atoms with Crippen LogP contribution in [-0.2, 0) is 5.41 Å². The summed E-state index contributed by atoms with van der Waals surface area (Å²) in [6, 6.07) is 16.7. The van der Waals surface area contributed by atoms with Crippen molar-refractivity contribution in [3.05, 3.63) is 78.4 Å². The summed E-state index contributed by atoms with van der Waals surface area (Å²) in [4.78, 5) is 17.2. The van der Waals surface area contributed by atoms with Crippen LogP contribution in [0.15, 0.2) is 67.3 Å². The highest BCUT2D eigenvalue weighted by Crippen LogP contribution is 2.52. The van der Waals surface area contributed by atoms with Crippen LogP contribution in [0.25, 0.3) is 0 Å². The number of fused-ring (bicyclic) bond motifs is 1.